The van der Waals surface area contributed by atoms with Gasteiger partial charge in [-0.05, 0) is 178 Å². The van der Waals surface area contributed by atoms with Crippen LogP contribution in [0, 0.1) is 12.1 Å². The van der Waals surface area contributed by atoms with Gasteiger partial charge in [0, 0.05) is 22.4 Å². The van der Waals surface area contributed by atoms with Crippen LogP contribution < -0.4 is 9.92 Å². The largest absolute Gasteiger partial charge is 0.542 e. The van der Waals surface area contributed by atoms with Gasteiger partial charge in [0.2, 0.25) is 0 Å². The minimum absolute atomic E-state index is 0.0231. The van der Waals surface area contributed by atoms with Crippen molar-refractivity contribution in [3.05, 3.63) is 149 Å². The molecule has 17 rings (SSSR count). The summed E-state index contributed by atoms with van der Waals surface area (Å²) in [5, 5.41) is 32.6. The van der Waals surface area contributed by atoms with Gasteiger partial charge in [0.1, 0.15) is 5.75 Å². The number of hydrogen-bond acceptors (Lipinski definition) is 2. The van der Waals surface area contributed by atoms with Gasteiger partial charge in [0.15, 0.2) is 0 Å². The van der Waals surface area contributed by atoms with Crippen LogP contribution in [0.5, 0.6) is 5.75 Å². The molecule has 3 heteroatoms. The third-order valence-corrected chi connectivity index (χ3v) is 18.1. The monoisotopic (exact) mass is 748 g/mol. The molecule has 4 bridgehead atoms. The molecule has 0 N–H and O–H groups in total. The van der Waals surface area contributed by atoms with E-state index in [1.807, 2.05) is 0 Å². The number of methoxy groups -OCH3 is 1. The zero-order chi connectivity index (χ0) is 37.4. The van der Waals surface area contributed by atoms with Gasteiger partial charge in [-0.15, -0.1) is 0 Å². The van der Waals surface area contributed by atoms with E-state index < -0.39 is 8.32 Å². The van der Waals surface area contributed by atoms with Crippen molar-refractivity contribution in [2.75, 3.05) is 7.11 Å². The van der Waals surface area contributed by atoms with E-state index >= 15 is 0 Å². The van der Waals surface area contributed by atoms with Crippen molar-refractivity contribution < 1.29 is 9.16 Å². The molecule has 3 aliphatic carbocycles. The van der Waals surface area contributed by atoms with Crippen LogP contribution in [0.15, 0.2) is 109 Å². The summed E-state index contributed by atoms with van der Waals surface area (Å²) in [5.74, 6) is 1.86. The highest BCUT2D eigenvalue weighted by Gasteiger charge is 2.49. The Hall–Kier alpha value is -6.86. The SMILES string of the molecule is COc1ccc(C2=C(O[Si](C)(C)c3ccccc3)C3c4c#cc5cc6c7c5ccc5c8ccc9c%10ccc%11c%12c%13c(c3c(c4)c3c6c4c(c57)c8c9c(c%10%12)c4c%133)C2%11)cc1. The van der Waals surface area contributed by atoms with Crippen molar-refractivity contribution >= 4 is 138 Å². The number of rotatable bonds is 5. The summed E-state index contributed by atoms with van der Waals surface area (Å²) in [5.41, 5.74) is 7.96. The molecule has 0 spiro atoms. The van der Waals surface area contributed by atoms with E-state index in [9.17, 15) is 0 Å². The highest BCUT2D eigenvalue weighted by Crippen LogP contribution is 2.69. The van der Waals surface area contributed by atoms with Crippen molar-refractivity contribution in [1.29, 1.82) is 0 Å². The molecule has 0 saturated carbocycles. The Morgan fingerprint density at radius 1 is 0.483 bits per heavy atom. The second-order valence-corrected chi connectivity index (χ2v) is 22.0. The van der Waals surface area contributed by atoms with Crippen LogP contribution in [0.4, 0.5) is 0 Å². The average molecular weight is 749 g/mol. The van der Waals surface area contributed by atoms with Gasteiger partial charge >= 0.3 is 0 Å². The lowest BCUT2D eigenvalue weighted by atomic mass is 9.72. The van der Waals surface area contributed by atoms with Gasteiger partial charge in [-0.2, -0.15) is 0 Å². The Morgan fingerprint density at radius 2 is 1.09 bits per heavy atom. The summed E-state index contributed by atoms with van der Waals surface area (Å²) in [6, 6.07) is 47.1. The van der Waals surface area contributed by atoms with Crippen LogP contribution in [0.2, 0.25) is 13.1 Å². The Bertz CT molecular complexity index is 4210. The minimum Gasteiger partial charge on any atom is -0.542 e. The summed E-state index contributed by atoms with van der Waals surface area (Å²) in [4.78, 5) is 0. The van der Waals surface area contributed by atoms with Gasteiger partial charge in [0.05, 0.1) is 18.8 Å². The van der Waals surface area contributed by atoms with E-state index in [2.05, 4.69) is 128 Å². The van der Waals surface area contributed by atoms with Crippen molar-refractivity contribution in [3.8, 4) is 5.75 Å². The first-order chi connectivity index (χ1) is 28.5. The smallest absolute Gasteiger partial charge is 0.276 e. The molecule has 0 saturated heterocycles. The molecule has 2 atom stereocenters. The Kier molecular flexibility index (Phi) is 4.19. The van der Waals surface area contributed by atoms with Crippen molar-refractivity contribution in [3.63, 3.8) is 0 Å². The summed E-state index contributed by atoms with van der Waals surface area (Å²) >= 11 is 0. The molecule has 14 aromatic carbocycles. The van der Waals surface area contributed by atoms with E-state index in [4.69, 9.17) is 9.16 Å². The fourth-order valence-electron chi connectivity index (χ4n) is 13.6. The lowest BCUT2D eigenvalue weighted by Crippen LogP contribution is -2.45. The van der Waals surface area contributed by atoms with Gasteiger partial charge in [0.25, 0.3) is 8.32 Å². The molecule has 2 unspecified atom stereocenters. The van der Waals surface area contributed by atoms with Gasteiger partial charge in [-0.3, -0.25) is 0 Å². The van der Waals surface area contributed by atoms with Crippen LogP contribution in [0.3, 0.4) is 0 Å². The highest BCUT2D eigenvalue weighted by atomic mass is 28.4. The average Bonchev–Trinajstić information content (AvgIpc) is 4.09. The second-order valence-electron chi connectivity index (χ2n) is 18.2. The zero-order valence-corrected chi connectivity index (χ0v) is 32.8. The van der Waals surface area contributed by atoms with Crippen LogP contribution in [0.25, 0.3) is 124 Å². The number of allylic oxidation sites excluding steroid dienone is 2. The van der Waals surface area contributed by atoms with Gasteiger partial charge < -0.3 is 9.16 Å². The Balaban J connectivity index is 1.17. The first-order valence-corrected chi connectivity index (χ1v) is 23.5. The van der Waals surface area contributed by atoms with Crippen molar-refractivity contribution in [1.82, 2.24) is 0 Å². The summed E-state index contributed by atoms with van der Waals surface area (Å²) < 4.78 is 13.6. The van der Waals surface area contributed by atoms with E-state index in [1.165, 1.54) is 146 Å². The maximum absolute atomic E-state index is 7.87. The zero-order valence-electron chi connectivity index (χ0n) is 31.8. The number of benzene rings is 9. The molecule has 0 aliphatic heterocycles. The molecular formula is C55H28O2Si. The summed E-state index contributed by atoms with van der Waals surface area (Å²) in [7, 11) is -0.767. The minimum atomic E-state index is -2.52. The first kappa shape index (κ1) is 28.5. The van der Waals surface area contributed by atoms with E-state index in [0.717, 1.165) is 22.5 Å². The molecule has 0 heterocycles. The highest BCUT2D eigenvalue weighted by molar-refractivity contribution is 6.84. The molecule has 0 amide bonds. The number of fused-ring (bicyclic) bond motifs is 7. The van der Waals surface area contributed by atoms with E-state index in [1.54, 1.807) is 7.11 Å². The quantitative estimate of drug-likeness (QED) is 0.129. The van der Waals surface area contributed by atoms with E-state index in [0.29, 0.717) is 0 Å². The van der Waals surface area contributed by atoms with Crippen LogP contribution in [-0.2, 0) is 4.43 Å². The Morgan fingerprint density at radius 3 is 1.83 bits per heavy atom. The number of hydrogen-bond donors (Lipinski definition) is 0. The molecular weight excluding hydrogens is 721 g/mol. The fraction of sp³-hybridized carbons (Fsp3) is 0.0909. The fourth-order valence-corrected chi connectivity index (χ4v) is 15.5. The van der Waals surface area contributed by atoms with Crippen molar-refractivity contribution in [2.45, 2.75) is 24.9 Å². The third kappa shape index (κ3) is 2.63. The lowest BCUT2D eigenvalue weighted by Gasteiger charge is -2.38. The predicted molar refractivity (Wildman–Crippen MR) is 243 cm³/mol. The van der Waals surface area contributed by atoms with E-state index in [-0.39, 0.29) is 11.8 Å². The standard InChI is InChI=1S/C55H28O2Si/c1-56-26-13-11-23(12-14-26)36-43-33-20-19-32-31-18-17-30-29-16-15-28-24-9-10-25-22-35-45(37(25)55(36)57-58(2,3)27-7-5-4-6-8-27)50(43)51-44(33)42(32)49-41(31)40(30)48-39(29)38(28)34(21-24)46-47(35)53(51)54(49)52(46)48/h4-8,11-22,37,43H,1-3H3. The van der Waals surface area contributed by atoms with Gasteiger partial charge in [-0.25, -0.2) is 0 Å². The maximum Gasteiger partial charge on any atom is 0.276 e. The summed E-state index contributed by atoms with van der Waals surface area (Å²) in [6.45, 7) is 4.73. The van der Waals surface area contributed by atoms with Crippen LogP contribution in [0.1, 0.15) is 39.7 Å². The molecule has 14 aromatic rings. The predicted octanol–water partition coefficient (Wildman–Crippen LogP) is 13.5. The van der Waals surface area contributed by atoms with Gasteiger partial charge in [-0.1, -0.05) is 91.0 Å². The molecule has 58 heavy (non-hydrogen) atoms. The third-order valence-electron chi connectivity index (χ3n) is 15.6. The molecule has 0 fully saturated rings. The molecule has 0 radical (unpaired) electrons. The lowest BCUT2D eigenvalue weighted by molar-refractivity contribution is 0.396. The molecule has 0 aromatic heterocycles. The second kappa shape index (κ2) is 8.53. The first-order valence-electron chi connectivity index (χ1n) is 20.6. The maximum atomic E-state index is 7.87. The normalized spacial score (nSPS) is 17.7. The topological polar surface area (TPSA) is 18.5 Å². The molecule has 3 aliphatic rings. The molecule has 264 valence electrons. The Labute approximate surface area is 331 Å². The van der Waals surface area contributed by atoms with Crippen molar-refractivity contribution in [2.24, 2.45) is 0 Å². The molecule has 2 nitrogen and oxygen atoms in total. The summed E-state index contributed by atoms with van der Waals surface area (Å²) in [6.07, 6.45) is 0. The van der Waals surface area contributed by atoms with Crippen LogP contribution in [-0.4, -0.2) is 15.4 Å². The van der Waals surface area contributed by atoms with Crippen LogP contribution >= 0.6 is 0 Å². The number of ether oxygens (including phenoxy) is 1.